The summed E-state index contributed by atoms with van der Waals surface area (Å²) in [5.74, 6) is 0.516. The van der Waals surface area contributed by atoms with E-state index in [4.69, 9.17) is 21.1 Å². The van der Waals surface area contributed by atoms with Gasteiger partial charge in [0.25, 0.3) is 0 Å². The first kappa shape index (κ1) is 21.6. The van der Waals surface area contributed by atoms with Crippen LogP contribution in [-0.2, 0) is 28.0 Å². The third-order valence-corrected chi connectivity index (χ3v) is 5.19. The Labute approximate surface area is 178 Å². The number of nitrogens with zero attached hydrogens (tertiary/aromatic N) is 3. The van der Waals surface area contributed by atoms with E-state index in [2.05, 4.69) is 10.4 Å². The van der Waals surface area contributed by atoms with Gasteiger partial charge in [-0.3, -0.25) is 9.59 Å². The van der Waals surface area contributed by atoms with Crippen LogP contribution >= 0.6 is 11.6 Å². The fourth-order valence-corrected chi connectivity index (χ4v) is 3.68. The minimum absolute atomic E-state index is 0.0777. The largest absolute Gasteiger partial charge is 0.497 e. The van der Waals surface area contributed by atoms with Crippen molar-refractivity contribution in [1.82, 2.24) is 14.7 Å². The Morgan fingerprint density at radius 1 is 1.23 bits per heavy atom. The van der Waals surface area contributed by atoms with Crippen molar-refractivity contribution in [3.8, 4) is 5.75 Å². The molecule has 1 aromatic heterocycles. The SMILES string of the molecule is CCOC(=O)n1nc2c(c1NC(=O)Cc1ccc(OC)cc1)CN(C(=O)Cl)C2(C)C. The molecule has 2 aromatic rings. The van der Waals surface area contributed by atoms with E-state index in [0.29, 0.717) is 17.0 Å². The molecule has 1 aromatic carbocycles. The Bertz CT molecular complexity index is 984. The number of hydrogen-bond acceptors (Lipinski definition) is 6. The van der Waals surface area contributed by atoms with E-state index in [-0.39, 0.29) is 31.3 Å². The Morgan fingerprint density at radius 2 is 1.90 bits per heavy atom. The second kappa shape index (κ2) is 8.35. The van der Waals surface area contributed by atoms with Crippen molar-refractivity contribution in [2.24, 2.45) is 0 Å². The van der Waals surface area contributed by atoms with Crippen LogP contribution < -0.4 is 10.1 Å². The monoisotopic (exact) mass is 434 g/mol. The van der Waals surface area contributed by atoms with Crippen molar-refractivity contribution in [2.45, 2.75) is 39.3 Å². The molecule has 0 fully saturated rings. The number of anilines is 1. The fourth-order valence-electron chi connectivity index (χ4n) is 3.41. The molecule has 1 aliphatic rings. The van der Waals surface area contributed by atoms with Crippen LogP contribution in [0.25, 0.3) is 0 Å². The summed E-state index contributed by atoms with van der Waals surface area (Å²) in [5, 5.41) is 6.45. The molecule has 2 heterocycles. The van der Waals surface area contributed by atoms with Crippen LogP contribution in [0.15, 0.2) is 24.3 Å². The minimum Gasteiger partial charge on any atom is -0.497 e. The number of aromatic nitrogens is 2. The highest BCUT2D eigenvalue weighted by atomic mass is 35.5. The third-order valence-electron chi connectivity index (χ3n) is 4.99. The van der Waals surface area contributed by atoms with E-state index in [1.165, 1.54) is 4.90 Å². The first-order chi connectivity index (χ1) is 14.2. The average Bonchev–Trinajstić information content (AvgIpc) is 3.17. The van der Waals surface area contributed by atoms with E-state index in [1.807, 2.05) is 0 Å². The molecular weight excluding hydrogens is 412 g/mol. The predicted molar refractivity (Wildman–Crippen MR) is 110 cm³/mol. The third kappa shape index (κ3) is 3.97. The lowest BCUT2D eigenvalue weighted by Crippen LogP contribution is -2.38. The number of fused-ring (bicyclic) bond motifs is 1. The van der Waals surface area contributed by atoms with Gasteiger partial charge in [-0.2, -0.15) is 5.10 Å². The van der Waals surface area contributed by atoms with Crippen LogP contribution in [0.2, 0.25) is 0 Å². The summed E-state index contributed by atoms with van der Waals surface area (Å²) in [6, 6.07) is 7.08. The molecule has 160 valence electrons. The molecular formula is C20H23ClN4O5. The molecule has 30 heavy (non-hydrogen) atoms. The van der Waals surface area contributed by atoms with Gasteiger partial charge in [0, 0.05) is 5.56 Å². The van der Waals surface area contributed by atoms with Crippen molar-refractivity contribution in [1.29, 1.82) is 0 Å². The van der Waals surface area contributed by atoms with E-state index in [0.717, 1.165) is 10.2 Å². The topological polar surface area (TPSA) is 103 Å². The minimum atomic E-state index is -0.846. The van der Waals surface area contributed by atoms with Gasteiger partial charge in [0.15, 0.2) is 0 Å². The Kier molecular flexibility index (Phi) is 6.02. The average molecular weight is 435 g/mol. The molecule has 3 rings (SSSR count). The second-order valence-corrected chi connectivity index (χ2v) is 7.58. The first-order valence-electron chi connectivity index (χ1n) is 9.38. The maximum absolute atomic E-state index is 12.7. The predicted octanol–water partition coefficient (Wildman–Crippen LogP) is 3.49. The maximum Gasteiger partial charge on any atom is 0.436 e. The lowest BCUT2D eigenvalue weighted by molar-refractivity contribution is -0.115. The van der Waals surface area contributed by atoms with Crippen LogP contribution in [0.3, 0.4) is 0 Å². The molecule has 10 heteroatoms. The quantitative estimate of drug-likeness (QED) is 0.570. The van der Waals surface area contributed by atoms with Crippen LogP contribution in [0.1, 0.15) is 37.6 Å². The first-order valence-corrected chi connectivity index (χ1v) is 9.76. The van der Waals surface area contributed by atoms with Gasteiger partial charge in [0.1, 0.15) is 11.6 Å². The molecule has 0 radical (unpaired) electrons. The summed E-state index contributed by atoms with van der Waals surface area (Å²) >= 11 is 5.72. The molecule has 0 aliphatic carbocycles. The molecule has 0 saturated carbocycles. The smallest absolute Gasteiger partial charge is 0.436 e. The van der Waals surface area contributed by atoms with Crippen molar-refractivity contribution in [2.75, 3.05) is 19.0 Å². The Morgan fingerprint density at radius 3 is 2.47 bits per heavy atom. The van der Waals surface area contributed by atoms with Gasteiger partial charge in [-0.05, 0) is 50.1 Å². The summed E-state index contributed by atoms with van der Waals surface area (Å²) in [5.41, 5.74) is 0.945. The fraction of sp³-hybridized carbons (Fsp3) is 0.400. The lowest BCUT2D eigenvalue weighted by atomic mass is 10.0. The zero-order valence-corrected chi connectivity index (χ0v) is 17.9. The number of ether oxygens (including phenoxy) is 2. The lowest BCUT2D eigenvalue weighted by Gasteiger charge is -2.29. The molecule has 1 aliphatic heterocycles. The number of benzene rings is 1. The highest BCUT2D eigenvalue weighted by Gasteiger charge is 2.45. The summed E-state index contributed by atoms with van der Waals surface area (Å²) in [6.45, 7) is 5.48. The number of amides is 2. The van der Waals surface area contributed by atoms with Gasteiger partial charge in [0.05, 0.1) is 37.9 Å². The summed E-state index contributed by atoms with van der Waals surface area (Å²) < 4.78 is 11.2. The Hall–Kier alpha value is -3.07. The van der Waals surface area contributed by atoms with Gasteiger partial charge in [-0.1, -0.05) is 12.1 Å². The number of halogens is 1. The van der Waals surface area contributed by atoms with E-state index in [9.17, 15) is 14.4 Å². The molecule has 0 bridgehead atoms. The van der Waals surface area contributed by atoms with Gasteiger partial charge < -0.3 is 19.7 Å². The molecule has 0 saturated heterocycles. The Balaban J connectivity index is 1.91. The molecule has 1 N–H and O–H groups in total. The number of rotatable bonds is 5. The number of methoxy groups -OCH3 is 1. The normalized spacial score (nSPS) is 14.2. The molecule has 9 nitrogen and oxygen atoms in total. The number of hydrogen-bond donors (Lipinski definition) is 1. The van der Waals surface area contributed by atoms with Crippen molar-refractivity contribution in [3.63, 3.8) is 0 Å². The molecule has 0 atom stereocenters. The summed E-state index contributed by atoms with van der Waals surface area (Å²) in [7, 11) is 1.56. The van der Waals surface area contributed by atoms with E-state index < -0.39 is 17.0 Å². The van der Waals surface area contributed by atoms with Crippen molar-refractivity contribution < 1.29 is 23.9 Å². The zero-order chi connectivity index (χ0) is 22.1. The molecule has 2 amide bonds. The van der Waals surface area contributed by atoms with Crippen LogP contribution in [0, 0.1) is 0 Å². The maximum atomic E-state index is 12.7. The highest BCUT2D eigenvalue weighted by molar-refractivity contribution is 6.62. The van der Waals surface area contributed by atoms with E-state index >= 15 is 0 Å². The zero-order valence-electron chi connectivity index (χ0n) is 17.2. The molecule has 0 unspecified atom stereocenters. The van der Waals surface area contributed by atoms with Gasteiger partial charge in [0.2, 0.25) is 5.91 Å². The molecule has 0 spiro atoms. The number of nitrogens with one attached hydrogen (secondary N) is 1. The van der Waals surface area contributed by atoms with Gasteiger partial charge in [-0.25, -0.2) is 4.79 Å². The standard InChI is InChI=1S/C20H23ClN4O5/c1-5-30-19(28)25-17(14-11-24(18(21)27)20(2,3)16(14)23-25)22-15(26)10-12-6-8-13(29-4)9-7-12/h6-9H,5,10-11H2,1-4H3,(H,22,26). The summed E-state index contributed by atoms with van der Waals surface area (Å²) in [4.78, 5) is 38.4. The van der Waals surface area contributed by atoms with Crippen LogP contribution in [0.5, 0.6) is 5.75 Å². The van der Waals surface area contributed by atoms with Gasteiger partial charge >= 0.3 is 11.5 Å². The van der Waals surface area contributed by atoms with Gasteiger partial charge in [-0.15, -0.1) is 4.68 Å². The highest BCUT2D eigenvalue weighted by Crippen LogP contribution is 2.42. The second-order valence-electron chi connectivity index (χ2n) is 7.26. The van der Waals surface area contributed by atoms with Crippen LogP contribution in [-0.4, -0.2) is 45.8 Å². The number of carbonyl (C=O) groups is 3. The number of carbonyl (C=O) groups excluding carboxylic acids is 3. The van der Waals surface area contributed by atoms with Crippen molar-refractivity contribution >= 4 is 34.8 Å². The summed E-state index contributed by atoms with van der Waals surface area (Å²) in [6.07, 6.45) is -0.639. The van der Waals surface area contributed by atoms with E-state index in [1.54, 1.807) is 52.1 Å². The van der Waals surface area contributed by atoms with Crippen LogP contribution in [0.4, 0.5) is 15.4 Å². The van der Waals surface area contributed by atoms with Crippen molar-refractivity contribution in [3.05, 3.63) is 41.1 Å².